The third kappa shape index (κ3) is 4.25. The van der Waals surface area contributed by atoms with Crippen LogP contribution in [0.2, 0.25) is 0 Å². The Kier molecular flexibility index (Phi) is 4.56. The lowest BCUT2D eigenvalue weighted by Gasteiger charge is -1.95. The summed E-state index contributed by atoms with van der Waals surface area (Å²) in [5.41, 5.74) is 2.72. The van der Waals surface area contributed by atoms with Crippen LogP contribution in [-0.2, 0) is 4.79 Å². The topological polar surface area (TPSA) is 84.6 Å². The highest BCUT2D eigenvalue weighted by Gasteiger charge is 2.08. The Morgan fingerprint density at radius 3 is 2.82 bits per heavy atom. The molecule has 0 saturated heterocycles. The predicted octanol–water partition coefficient (Wildman–Crippen LogP) is 1.73. The van der Waals surface area contributed by atoms with Gasteiger partial charge in [0.1, 0.15) is 0 Å². The van der Waals surface area contributed by atoms with Gasteiger partial charge in [-0.15, -0.1) is 0 Å². The van der Waals surface area contributed by atoms with Gasteiger partial charge in [-0.05, 0) is 18.2 Å². The van der Waals surface area contributed by atoms with Crippen molar-refractivity contribution < 1.29 is 9.72 Å². The second-order valence-electron chi connectivity index (χ2n) is 3.12. The smallest absolute Gasteiger partial charge is 0.274 e. The zero-order chi connectivity index (χ0) is 12.7. The van der Waals surface area contributed by atoms with E-state index in [4.69, 9.17) is 0 Å². The fourth-order valence-electron chi connectivity index (χ4n) is 1.11. The molecule has 0 aliphatic carbocycles. The highest BCUT2D eigenvalue weighted by Crippen LogP contribution is 2.18. The largest absolute Gasteiger partial charge is 0.276 e. The molecule has 0 atom stereocenters. The number of nitrogens with zero attached hydrogens (tertiary/aromatic N) is 2. The molecule has 1 aromatic rings. The number of nitrogens with one attached hydrogen (secondary N) is 1. The van der Waals surface area contributed by atoms with E-state index in [0.717, 1.165) is 0 Å². The van der Waals surface area contributed by atoms with E-state index < -0.39 is 4.92 Å². The molecule has 0 heterocycles. The molecule has 1 aromatic carbocycles. The lowest BCUT2D eigenvalue weighted by atomic mass is 10.2. The minimum absolute atomic E-state index is 0.0247. The van der Waals surface area contributed by atoms with E-state index in [2.05, 4.69) is 10.5 Å². The Bertz CT molecular complexity index is 481. The van der Waals surface area contributed by atoms with Crippen LogP contribution in [0.5, 0.6) is 0 Å². The van der Waals surface area contributed by atoms with E-state index in [1.54, 1.807) is 24.3 Å². The Hall–Kier alpha value is -2.50. The number of rotatable bonds is 4. The summed E-state index contributed by atoms with van der Waals surface area (Å²) in [6.45, 7) is 1.34. The highest BCUT2D eigenvalue weighted by atomic mass is 16.6. The fraction of sp³-hybridized carbons (Fsp3) is 0.0909. The summed E-state index contributed by atoms with van der Waals surface area (Å²) in [5, 5.41) is 14.3. The lowest BCUT2D eigenvalue weighted by molar-refractivity contribution is -0.385. The normalized spacial score (nSPS) is 10.9. The second-order valence-corrected chi connectivity index (χ2v) is 3.12. The van der Waals surface area contributed by atoms with Gasteiger partial charge in [-0.1, -0.05) is 12.1 Å². The lowest BCUT2D eigenvalue weighted by Crippen LogP contribution is -2.11. The van der Waals surface area contributed by atoms with Gasteiger partial charge in [-0.2, -0.15) is 5.10 Å². The molecule has 6 heteroatoms. The molecule has 0 saturated carbocycles. The Morgan fingerprint density at radius 1 is 1.47 bits per heavy atom. The predicted molar refractivity (Wildman–Crippen MR) is 64.4 cm³/mol. The number of amides is 1. The number of carbonyl (C=O) groups excluding carboxylic acids is 1. The molecule has 17 heavy (non-hydrogen) atoms. The maximum Gasteiger partial charge on any atom is 0.276 e. The first kappa shape index (κ1) is 12.6. The molecule has 88 valence electrons. The molecule has 0 aromatic heterocycles. The van der Waals surface area contributed by atoms with Crippen molar-refractivity contribution in [3.63, 3.8) is 0 Å². The van der Waals surface area contributed by atoms with Gasteiger partial charge >= 0.3 is 0 Å². The molecule has 0 aliphatic heterocycles. The molecule has 0 unspecified atom stereocenters. The molecule has 1 amide bonds. The van der Waals surface area contributed by atoms with Gasteiger partial charge in [0.25, 0.3) is 5.69 Å². The first-order chi connectivity index (χ1) is 8.11. The van der Waals surface area contributed by atoms with Gasteiger partial charge in [0.2, 0.25) is 5.91 Å². The number of hydrazone groups is 1. The molecule has 1 N–H and O–H groups in total. The monoisotopic (exact) mass is 233 g/mol. The molecule has 6 nitrogen and oxygen atoms in total. The average molecular weight is 233 g/mol. The summed E-state index contributed by atoms with van der Waals surface area (Å²) in [5.74, 6) is -0.277. The van der Waals surface area contributed by atoms with Crippen LogP contribution in [0.25, 0.3) is 6.08 Å². The molecule has 1 rings (SSSR count). The van der Waals surface area contributed by atoms with Crippen LogP contribution < -0.4 is 5.43 Å². The average Bonchev–Trinajstić information content (AvgIpc) is 2.28. The van der Waals surface area contributed by atoms with Crippen LogP contribution in [0, 0.1) is 10.1 Å². The van der Waals surface area contributed by atoms with Gasteiger partial charge in [-0.25, -0.2) is 5.43 Å². The van der Waals surface area contributed by atoms with Crippen molar-refractivity contribution in [2.45, 2.75) is 6.92 Å². The standard InChI is InChI=1S/C11H11N3O3/c1-9(15)13-12-8-4-6-10-5-2-3-7-11(10)14(16)17/h2-8H,1H3,(H,13,15)/b6-4+,12-8-. The Labute approximate surface area is 97.8 Å². The summed E-state index contributed by atoms with van der Waals surface area (Å²) >= 11 is 0. The van der Waals surface area contributed by atoms with Crippen molar-refractivity contribution in [2.75, 3.05) is 0 Å². The van der Waals surface area contributed by atoms with Crippen molar-refractivity contribution in [1.29, 1.82) is 0 Å². The maximum absolute atomic E-state index is 10.7. The summed E-state index contributed by atoms with van der Waals surface area (Å²) < 4.78 is 0. The van der Waals surface area contributed by atoms with E-state index in [-0.39, 0.29) is 11.6 Å². The molecule has 0 bridgehead atoms. The maximum atomic E-state index is 10.7. The zero-order valence-electron chi connectivity index (χ0n) is 9.16. The van der Waals surface area contributed by atoms with Crippen molar-refractivity contribution in [2.24, 2.45) is 5.10 Å². The van der Waals surface area contributed by atoms with Crippen LogP contribution in [0.1, 0.15) is 12.5 Å². The van der Waals surface area contributed by atoms with Crippen molar-refractivity contribution >= 4 is 23.9 Å². The zero-order valence-corrected chi connectivity index (χ0v) is 9.16. The SMILES string of the molecule is CC(=O)N/N=C\C=C\c1ccccc1[N+](=O)[O-]. The summed E-state index contributed by atoms with van der Waals surface area (Å²) in [7, 11) is 0. The summed E-state index contributed by atoms with van der Waals surface area (Å²) in [4.78, 5) is 20.7. The molecule has 0 radical (unpaired) electrons. The first-order valence-electron chi connectivity index (χ1n) is 4.81. The summed E-state index contributed by atoms with van der Waals surface area (Å²) in [6, 6.07) is 6.35. The van der Waals surface area contributed by atoms with Crippen molar-refractivity contribution in [3.8, 4) is 0 Å². The molecule has 0 aliphatic rings. The van der Waals surface area contributed by atoms with Crippen LogP contribution in [-0.4, -0.2) is 17.0 Å². The van der Waals surface area contributed by atoms with E-state index >= 15 is 0 Å². The third-order valence-electron chi connectivity index (χ3n) is 1.79. The number of nitro benzene ring substituents is 1. The van der Waals surface area contributed by atoms with Crippen molar-refractivity contribution in [3.05, 3.63) is 46.0 Å². The van der Waals surface area contributed by atoms with Gasteiger partial charge < -0.3 is 0 Å². The summed E-state index contributed by atoms with van der Waals surface area (Å²) in [6.07, 6.45) is 4.40. The number of nitro groups is 1. The highest BCUT2D eigenvalue weighted by molar-refractivity contribution is 5.81. The van der Waals surface area contributed by atoms with E-state index in [1.165, 1.54) is 25.3 Å². The fourth-order valence-corrected chi connectivity index (χ4v) is 1.11. The molecular formula is C11H11N3O3. The van der Waals surface area contributed by atoms with Crippen LogP contribution >= 0.6 is 0 Å². The molecule has 0 spiro atoms. The van der Waals surface area contributed by atoms with Crippen LogP contribution in [0.3, 0.4) is 0 Å². The van der Waals surface area contributed by atoms with E-state index in [9.17, 15) is 14.9 Å². The number of para-hydroxylation sites is 1. The van der Waals surface area contributed by atoms with Gasteiger partial charge in [0, 0.05) is 19.2 Å². The number of benzene rings is 1. The quantitative estimate of drug-likeness (QED) is 0.488. The Morgan fingerprint density at radius 2 is 2.18 bits per heavy atom. The Balaban J connectivity index is 2.74. The third-order valence-corrected chi connectivity index (χ3v) is 1.79. The van der Waals surface area contributed by atoms with E-state index in [1.807, 2.05) is 0 Å². The molecule has 0 fully saturated rings. The van der Waals surface area contributed by atoms with Crippen LogP contribution in [0.4, 0.5) is 5.69 Å². The first-order valence-corrected chi connectivity index (χ1v) is 4.81. The molecular weight excluding hydrogens is 222 g/mol. The minimum atomic E-state index is -0.454. The second kappa shape index (κ2) is 6.16. The minimum Gasteiger partial charge on any atom is -0.274 e. The van der Waals surface area contributed by atoms with Crippen molar-refractivity contribution in [1.82, 2.24) is 5.43 Å². The number of allylic oxidation sites excluding steroid dienone is 1. The number of hydrogen-bond donors (Lipinski definition) is 1. The number of carbonyl (C=O) groups is 1. The number of hydrogen-bond acceptors (Lipinski definition) is 4. The van der Waals surface area contributed by atoms with Gasteiger partial charge in [0.05, 0.1) is 10.5 Å². The van der Waals surface area contributed by atoms with Gasteiger partial charge in [0.15, 0.2) is 0 Å². The van der Waals surface area contributed by atoms with E-state index in [0.29, 0.717) is 5.56 Å². The van der Waals surface area contributed by atoms with Gasteiger partial charge in [-0.3, -0.25) is 14.9 Å². The van der Waals surface area contributed by atoms with Crippen LogP contribution in [0.15, 0.2) is 35.4 Å².